The summed E-state index contributed by atoms with van der Waals surface area (Å²) in [6.07, 6.45) is 3.79. The first-order valence-corrected chi connectivity index (χ1v) is 5.51. The first-order valence-electron chi connectivity index (χ1n) is 4.29. The molecule has 0 amide bonds. The monoisotopic (exact) mass is 205 g/mol. The molecule has 4 heteroatoms. The van der Waals surface area contributed by atoms with E-state index in [-0.39, 0.29) is 0 Å². The van der Waals surface area contributed by atoms with Crippen LogP contribution in [0.2, 0.25) is 0 Å². The van der Waals surface area contributed by atoms with Gasteiger partial charge in [-0.05, 0) is 30.5 Å². The van der Waals surface area contributed by atoms with Gasteiger partial charge in [0.05, 0.1) is 6.20 Å². The lowest BCUT2D eigenvalue weighted by Crippen LogP contribution is -1.89. The molecule has 1 aromatic heterocycles. The standard InChI is InChI=1S/C10H11N3S/c1-14-9-4-2-8(3-5-9)12-10-6-7-11-13-10/h2-7H,1H3,(H2,11,12,13). The van der Waals surface area contributed by atoms with Gasteiger partial charge in [-0.3, -0.25) is 5.10 Å². The Balaban J connectivity index is 2.10. The predicted octanol–water partition coefficient (Wildman–Crippen LogP) is 2.88. The van der Waals surface area contributed by atoms with Gasteiger partial charge < -0.3 is 5.32 Å². The molecule has 1 heterocycles. The van der Waals surface area contributed by atoms with Gasteiger partial charge in [0, 0.05) is 16.6 Å². The van der Waals surface area contributed by atoms with Crippen molar-refractivity contribution in [2.24, 2.45) is 0 Å². The van der Waals surface area contributed by atoms with Crippen LogP contribution in [0.15, 0.2) is 41.4 Å². The van der Waals surface area contributed by atoms with E-state index in [1.54, 1.807) is 18.0 Å². The van der Waals surface area contributed by atoms with Crippen molar-refractivity contribution in [3.8, 4) is 0 Å². The van der Waals surface area contributed by atoms with E-state index in [2.05, 4.69) is 33.9 Å². The van der Waals surface area contributed by atoms with E-state index in [1.165, 1.54) is 4.90 Å². The SMILES string of the molecule is CSc1ccc(Nc2ccn[nH]2)cc1. The van der Waals surface area contributed by atoms with Gasteiger partial charge in [-0.2, -0.15) is 5.10 Å². The third kappa shape index (κ3) is 2.09. The Morgan fingerprint density at radius 1 is 1.21 bits per heavy atom. The highest BCUT2D eigenvalue weighted by Crippen LogP contribution is 2.19. The molecule has 0 aliphatic carbocycles. The molecule has 2 N–H and O–H groups in total. The minimum atomic E-state index is 0.905. The number of anilines is 2. The Morgan fingerprint density at radius 2 is 2.00 bits per heavy atom. The van der Waals surface area contributed by atoms with Crippen LogP contribution in [0.25, 0.3) is 0 Å². The van der Waals surface area contributed by atoms with Gasteiger partial charge in [0.25, 0.3) is 0 Å². The second-order valence-electron chi connectivity index (χ2n) is 2.82. The third-order valence-electron chi connectivity index (χ3n) is 1.87. The number of hydrogen-bond acceptors (Lipinski definition) is 3. The average molecular weight is 205 g/mol. The van der Waals surface area contributed by atoms with Crippen LogP contribution in [-0.2, 0) is 0 Å². The molecule has 3 nitrogen and oxygen atoms in total. The normalized spacial score (nSPS) is 10.1. The molecule has 1 aromatic carbocycles. The number of rotatable bonds is 3. The van der Waals surface area contributed by atoms with Crippen LogP contribution < -0.4 is 5.32 Å². The summed E-state index contributed by atoms with van der Waals surface area (Å²) in [5.74, 6) is 0.905. The van der Waals surface area contributed by atoms with Gasteiger partial charge in [0.2, 0.25) is 0 Å². The van der Waals surface area contributed by atoms with E-state index in [9.17, 15) is 0 Å². The first-order chi connectivity index (χ1) is 6.88. The molecule has 2 rings (SSSR count). The van der Waals surface area contributed by atoms with E-state index in [4.69, 9.17) is 0 Å². The number of benzene rings is 1. The zero-order valence-electron chi connectivity index (χ0n) is 7.82. The minimum Gasteiger partial charge on any atom is -0.341 e. The number of hydrogen-bond donors (Lipinski definition) is 2. The number of aromatic amines is 1. The van der Waals surface area contributed by atoms with Gasteiger partial charge in [0.15, 0.2) is 0 Å². The summed E-state index contributed by atoms with van der Waals surface area (Å²) < 4.78 is 0. The van der Waals surface area contributed by atoms with Crippen LogP contribution in [0, 0.1) is 0 Å². The van der Waals surface area contributed by atoms with Crippen molar-refractivity contribution in [3.63, 3.8) is 0 Å². The molecule has 0 saturated heterocycles. The molecule has 0 aliphatic rings. The number of nitrogens with zero attached hydrogens (tertiary/aromatic N) is 1. The quantitative estimate of drug-likeness (QED) is 0.757. The summed E-state index contributed by atoms with van der Waals surface area (Å²) in [6, 6.07) is 10.2. The Morgan fingerprint density at radius 3 is 2.57 bits per heavy atom. The highest BCUT2D eigenvalue weighted by atomic mass is 32.2. The average Bonchev–Trinajstić information content (AvgIpc) is 2.72. The van der Waals surface area contributed by atoms with Crippen LogP contribution in [0.5, 0.6) is 0 Å². The van der Waals surface area contributed by atoms with Crippen molar-refractivity contribution >= 4 is 23.3 Å². The van der Waals surface area contributed by atoms with Gasteiger partial charge in [-0.25, -0.2) is 0 Å². The van der Waals surface area contributed by atoms with Crippen molar-refractivity contribution in [1.82, 2.24) is 10.2 Å². The summed E-state index contributed by atoms with van der Waals surface area (Å²) in [4.78, 5) is 1.26. The number of aromatic nitrogens is 2. The van der Waals surface area contributed by atoms with Gasteiger partial charge in [0.1, 0.15) is 5.82 Å². The first kappa shape index (κ1) is 9.15. The Kier molecular flexibility index (Phi) is 2.74. The minimum absolute atomic E-state index is 0.905. The zero-order chi connectivity index (χ0) is 9.80. The van der Waals surface area contributed by atoms with Crippen LogP contribution in [-0.4, -0.2) is 16.5 Å². The molecule has 72 valence electrons. The lowest BCUT2D eigenvalue weighted by atomic mass is 10.3. The van der Waals surface area contributed by atoms with Crippen molar-refractivity contribution < 1.29 is 0 Å². The fraction of sp³-hybridized carbons (Fsp3) is 0.100. The molecule has 0 fully saturated rings. The highest BCUT2D eigenvalue weighted by molar-refractivity contribution is 7.98. The van der Waals surface area contributed by atoms with E-state index >= 15 is 0 Å². The third-order valence-corrected chi connectivity index (χ3v) is 2.61. The molecule has 0 radical (unpaired) electrons. The second kappa shape index (κ2) is 4.19. The molecule has 14 heavy (non-hydrogen) atoms. The zero-order valence-corrected chi connectivity index (χ0v) is 8.64. The van der Waals surface area contributed by atoms with Gasteiger partial charge >= 0.3 is 0 Å². The van der Waals surface area contributed by atoms with E-state index in [1.807, 2.05) is 18.2 Å². The van der Waals surface area contributed by atoms with Crippen molar-refractivity contribution in [3.05, 3.63) is 36.5 Å². The van der Waals surface area contributed by atoms with Crippen LogP contribution in [0.4, 0.5) is 11.5 Å². The maximum atomic E-state index is 3.86. The lowest BCUT2D eigenvalue weighted by Gasteiger charge is -2.03. The van der Waals surface area contributed by atoms with Gasteiger partial charge in [-0.1, -0.05) is 0 Å². The van der Waals surface area contributed by atoms with Crippen LogP contribution in [0.1, 0.15) is 0 Å². The fourth-order valence-electron chi connectivity index (χ4n) is 1.16. The second-order valence-corrected chi connectivity index (χ2v) is 3.70. The van der Waals surface area contributed by atoms with E-state index < -0.39 is 0 Å². The topological polar surface area (TPSA) is 40.7 Å². The van der Waals surface area contributed by atoms with Crippen LogP contribution in [0.3, 0.4) is 0 Å². The lowest BCUT2D eigenvalue weighted by molar-refractivity contribution is 1.09. The maximum absolute atomic E-state index is 3.86. The highest BCUT2D eigenvalue weighted by Gasteiger charge is 1.95. The number of nitrogens with one attached hydrogen (secondary N) is 2. The summed E-state index contributed by atoms with van der Waals surface area (Å²) in [5, 5.41) is 9.92. The number of H-pyrrole nitrogens is 1. The molecular formula is C10H11N3S. The van der Waals surface area contributed by atoms with Gasteiger partial charge in [-0.15, -0.1) is 11.8 Å². The van der Waals surface area contributed by atoms with Crippen molar-refractivity contribution in [2.75, 3.05) is 11.6 Å². The Hall–Kier alpha value is -1.42. The molecule has 0 aliphatic heterocycles. The predicted molar refractivity (Wildman–Crippen MR) is 60.1 cm³/mol. The van der Waals surface area contributed by atoms with Crippen LogP contribution >= 0.6 is 11.8 Å². The smallest absolute Gasteiger partial charge is 0.125 e. The molecular weight excluding hydrogens is 194 g/mol. The summed E-state index contributed by atoms with van der Waals surface area (Å²) >= 11 is 1.74. The molecule has 0 bridgehead atoms. The van der Waals surface area contributed by atoms with Crippen molar-refractivity contribution in [1.29, 1.82) is 0 Å². The molecule has 0 spiro atoms. The molecule has 0 atom stereocenters. The van der Waals surface area contributed by atoms with E-state index in [0.29, 0.717) is 0 Å². The summed E-state index contributed by atoms with van der Waals surface area (Å²) in [7, 11) is 0. The maximum Gasteiger partial charge on any atom is 0.125 e. The Bertz CT molecular complexity index is 380. The summed E-state index contributed by atoms with van der Waals surface area (Å²) in [5.41, 5.74) is 1.06. The summed E-state index contributed by atoms with van der Waals surface area (Å²) in [6.45, 7) is 0. The van der Waals surface area contributed by atoms with Crippen molar-refractivity contribution in [2.45, 2.75) is 4.90 Å². The fourth-order valence-corrected chi connectivity index (χ4v) is 1.56. The molecule has 0 unspecified atom stereocenters. The Labute approximate surface area is 86.9 Å². The molecule has 0 saturated carbocycles. The number of thioether (sulfide) groups is 1. The largest absolute Gasteiger partial charge is 0.341 e. The van der Waals surface area contributed by atoms with E-state index in [0.717, 1.165) is 11.5 Å². The molecule has 2 aromatic rings.